The van der Waals surface area contributed by atoms with E-state index in [-0.39, 0.29) is 11.9 Å². The van der Waals surface area contributed by atoms with E-state index in [1.807, 2.05) is 23.1 Å². The molecule has 1 saturated heterocycles. The number of benzene rings is 2. The van der Waals surface area contributed by atoms with E-state index >= 15 is 0 Å². The molecule has 0 aliphatic carbocycles. The van der Waals surface area contributed by atoms with Gasteiger partial charge in [-0.25, -0.2) is 0 Å². The number of hydrogen-bond acceptors (Lipinski definition) is 3. The monoisotopic (exact) mass is 321 g/mol. The quantitative estimate of drug-likeness (QED) is 0.943. The predicted molar refractivity (Wildman–Crippen MR) is 95.9 cm³/mol. The maximum absolute atomic E-state index is 12.8. The Labute approximate surface area is 143 Å². The van der Waals surface area contributed by atoms with Crippen molar-refractivity contribution >= 4 is 11.6 Å². The normalized spacial score (nSPS) is 20.5. The zero-order valence-electron chi connectivity index (χ0n) is 13.8. The smallest absolute Gasteiger partial charge is 0.245 e. The number of carbonyl (C=O) groups excluding carboxylic acids is 1. The molecule has 1 fully saturated rings. The third-order valence-corrected chi connectivity index (χ3v) is 5.00. The van der Waals surface area contributed by atoms with Gasteiger partial charge in [0.15, 0.2) is 0 Å². The first-order valence-electron chi connectivity index (χ1n) is 8.69. The van der Waals surface area contributed by atoms with Crippen LogP contribution >= 0.6 is 0 Å². The van der Waals surface area contributed by atoms with E-state index in [4.69, 9.17) is 0 Å². The summed E-state index contributed by atoms with van der Waals surface area (Å²) in [6.07, 6.45) is 0.805. The second kappa shape index (κ2) is 6.65. The Balaban J connectivity index is 1.31. The van der Waals surface area contributed by atoms with Crippen LogP contribution in [0.4, 0.5) is 5.69 Å². The summed E-state index contributed by atoms with van der Waals surface area (Å²) >= 11 is 0. The summed E-state index contributed by atoms with van der Waals surface area (Å²) in [5.41, 5.74) is 3.70. The molecule has 1 atom stereocenters. The molecule has 2 aromatic rings. The van der Waals surface area contributed by atoms with Crippen LogP contribution < -0.4 is 5.32 Å². The van der Waals surface area contributed by atoms with Gasteiger partial charge in [-0.1, -0.05) is 48.5 Å². The highest BCUT2D eigenvalue weighted by molar-refractivity contribution is 5.87. The lowest BCUT2D eigenvalue weighted by atomic mass is 10.1. The molecule has 24 heavy (non-hydrogen) atoms. The van der Waals surface area contributed by atoms with Gasteiger partial charge in [-0.05, 0) is 17.2 Å². The third-order valence-electron chi connectivity index (χ3n) is 5.00. The van der Waals surface area contributed by atoms with Crippen molar-refractivity contribution in [2.75, 3.05) is 31.5 Å². The van der Waals surface area contributed by atoms with Crippen LogP contribution in [0.1, 0.15) is 11.1 Å². The first-order chi connectivity index (χ1) is 11.8. The number of para-hydroxylation sites is 1. The number of carbonyl (C=O) groups is 1. The number of nitrogens with zero attached hydrogens (tertiary/aromatic N) is 2. The van der Waals surface area contributed by atoms with Gasteiger partial charge in [0.1, 0.15) is 6.04 Å². The van der Waals surface area contributed by atoms with Crippen LogP contribution in [0.2, 0.25) is 0 Å². The highest BCUT2D eigenvalue weighted by Gasteiger charge is 2.31. The highest BCUT2D eigenvalue weighted by Crippen LogP contribution is 2.26. The molecule has 1 N–H and O–H groups in total. The summed E-state index contributed by atoms with van der Waals surface area (Å²) < 4.78 is 0. The Hall–Kier alpha value is -2.33. The van der Waals surface area contributed by atoms with E-state index < -0.39 is 0 Å². The van der Waals surface area contributed by atoms with E-state index in [1.54, 1.807) is 0 Å². The topological polar surface area (TPSA) is 35.6 Å². The van der Waals surface area contributed by atoms with E-state index in [9.17, 15) is 4.79 Å². The maximum Gasteiger partial charge on any atom is 0.245 e. The molecule has 0 bridgehead atoms. The molecule has 0 spiro atoms. The fraction of sp³-hybridized carbons (Fsp3) is 0.350. The van der Waals surface area contributed by atoms with E-state index in [2.05, 4.69) is 46.6 Å². The van der Waals surface area contributed by atoms with E-state index in [1.165, 1.54) is 11.1 Å². The zero-order chi connectivity index (χ0) is 16.4. The Bertz CT molecular complexity index is 683. The van der Waals surface area contributed by atoms with Gasteiger partial charge < -0.3 is 10.2 Å². The molecule has 2 heterocycles. The largest absolute Gasteiger partial charge is 0.373 e. The van der Waals surface area contributed by atoms with Gasteiger partial charge in [-0.15, -0.1) is 0 Å². The molecular weight excluding hydrogens is 298 g/mol. The van der Waals surface area contributed by atoms with E-state index in [0.717, 1.165) is 44.8 Å². The lowest BCUT2D eigenvalue weighted by molar-refractivity contribution is -0.133. The standard InChI is InChI=1S/C20H23N3O/c24-20(19-14-17-8-4-5-9-18(17)21-19)23-12-10-22(11-13-23)15-16-6-2-1-3-7-16/h1-9,19,21H,10-15H2. The van der Waals surface area contributed by atoms with Crippen molar-refractivity contribution in [2.24, 2.45) is 0 Å². The van der Waals surface area contributed by atoms with Crippen LogP contribution in [0.3, 0.4) is 0 Å². The minimum atomic E-state index is -0.0944. The highest BCUT2D eigenvalue weighted by atomic mass is 16.2. The van der Waals surface area contributed by atoms with Crippen molar-refractivity contribution in [3.8, 4) is 0 Å². The number of fused-ring (bicyclic) bond motifs is 1. The fourth-order valence-electron chi connectivity index (χ4n) is 3.64. The SMILES string of the molecule is O=C(C1Cc2ccccc2N1)N1CCN(Cc2ccccc2)CC1. The summed E-state index contributed by atoms with van der Waals surface area (Å²) in [5, 5.41) is 3.38. The summed E-state index contributed by atoms with van der Waals surface area (Å²) in [5.74, 6) is 0.241. The fourth-order valence-corrected chi connectivity index (χ4v) is 3.64. The summed E-state index contributed by atoms with van der Waals surface area (Å²) in [6.45, 7) is 4.50. The minimum absolute atomic E-state index is 0.0944. The minimum Gasteiger partial charge on any atom is -0.373 e. The molecule has 2 aliphatic rings. The van der Waals surface area contributed by atoms with Crippen molar-refractivity contribution in [3.63, 3.8) is 0 Å². The Morgan fingerprint density at radius 3 is 2.42 bits per heavy atom. The number of rotatable bonds is 3. The molecule has 4 rings (SSSR count). The zero-order valence-corrected chi connectivity index (χ0v) is 13.8. The van der Waals surface area contributed by atoms with Crippen LogP contribution in [0.5, 0.6) is 0 Å². The molecule has 0 radical (unpaired) electrons. The molecule has 1 amide bonds. The number of anilines is 1. The van der Waals surface area contributed by atoms with Gasteiger partial charge in [0.05, 0.1) is 0 Å². The van der Waals surface area contributed by atoms with Crippen LogP contribution in [-0.2, 0) is 17.8 Å². The van der Waals surface area contributed by atoms with Crippen molar-refractivity contribution in [2.45, 2.75) is 19.0 Å². The predicted octanol–water partition coefficient (Wildman–Crippen LogP) is 2.37. The van der Waals surface area contributed by atoms with Crippen LogP contribution in [0, 0.1) is 0 Å². The van der Waals surface area contributed by atoms with Crippen LogP contribution in [0.15, 0.2) is 54.6 Å². The van der Waals surface area contributed by atoms with Crippen LogP contribution in [0.25, 0.3) is 0 Å². The molecule has 4 heteroatoms. The first kappa shape index (κ1) is 15.2. The van der Waals surface area contributed by atoms with Gasteiger partial charge in [0.25, 0.3) is 0 Å². The Morgan fingerprint density at radius 2 is 1.67 bits per heavy atom. The Kier molecular flexibility index (Phi) is 4.22. The van der Waals surface area contributed by atoms with Crippen molar-refractivity contribution in [3.05, 3.63) is 65.7 Å². The van der Waals surface area contributed by atoms with Crippen LogP contribution in [-0.4, -0.2) is 47.9 Å². The average molecular weight is 321 g/mol. The molecule has 0 aromatic heterocycles. The number of piperazine rings is 1. The van der Waals surface area contributed by atoms with Crippen molar-refractivity contribution in [1.29, 1.82) is 0 Å². The lowest BCUT2D eigenvalue weighted by Gasteiger charge is -2.36. The molecular formula is C20H23N3O. The van der Waals surface area contributed by atoms with Gasteiger partial charge in [0, 0.05) is 44.8 Å². The lowest BCUT2D eigenvalue weighted by Crippen LogP contribution is -2.52. The van der Waals surface area contributed by atoms with Crippen molar-refractivity contribution < 1.29 is 4.79 Å². The molecule has 1 unspecified atom stereocenters. The van der Waals surface area contributed by atoms with Gasteiger partial charge in [0.2, 0.25) is 5.91 Å². The summed E-state index contributed by atoms with van der Waals surface area (Å²) in [7, 11) is 0. The number of hydrogen-bond donors (Lipinski definition) is 1. The maximum atomic E-state index is 12.8. The second-order valence-electron chi connectivity index (χ2n) is 6.65. The van der Waals surface area contributed by atoms with Gasteiger partial charge >= 0.3 is 0 Å². The van der Waals surface area contributed by atoms with E-state index in [0.29, 0.717) is 0 Å². The molecule has 2 aromatic carbocycles. The molecule has 0 saturated carbocycles. The Morgan fingerprint density at radius 1 is 0.958 bits per heavy atom. The molecule has 2 aliphatic heterocycles. The first-order valence-corrected chi connectivity index (χ1v) is 8.69. The molecule has 124 valence electrons. The van der Waals surface area contributed by atoms with Gasteiger partial charge in [-0.3, -0.25) is 9.69 Å². The average Bonchev–Trinajstić information content (AvgIpc) is 3.07. The van der Waals surface area contributed by atoms with Crippen molar-refractivity contribution in [1.82, 2.24) is 9.80 Å². The summed E-state index contributed by atoms with van der Waals surface area (Å²) in [6, 6.07) is 18.7. The van der Waals surface area contributed by atoms with Gasteiger partial charge in [-0.2, -0.15) is 0 Å². The third kappa shape index (κ3) is 3.15. The number of amides is 1. The summed E-state index contributed by atoms with van der Waals surface area (Å²) in [4.78, 5) is 17.2. The second-order valence-corrected chi connectivity index (χ2v) is 6.65. The number of nitrogens with one attached hydrogen (secondary N) is 1. The molecule has 4 nitrogen and oxygen atoms in total.